The minimum Gasteiger partial charge on any atom is -0.388 e. The van der Waals surface area contributed by atoms with E-state index in [1.165, 1.54) is 7.05 Å². The molecule has 3 heterocycles. The minimum atomic E-state index is -3.18. The highest BCUT2D eigenvalue weighted by Crippen LogP contribution is 2.37. The minimum absolute atomic E-state index is 0.130. The summed E-state index contributed by atoms with van der Waals surface area (Å²) < 4.78 is 28.1. The van der Waals surface area contributed by atoms with Gasteiger partial charge in [-0.05, 0) is 44.7 Å². The Labute approximate surface area is 151 Å². The van der Waals surface area contributed by atoms with E-state index in [-0.39, 0.29) is 24.3 Å². The first-order valence-corrected chi connectivity index (χ1v) is 10.5. The van der Waals surface area contributed by atoms with Gasteiger partial charge in [0.15, 0.2) is 0 Å². The third-order valence-corrected chi connectivity index (χ3v) is 6.93. The number of nitrogens with one attached hydrogen (secondary N) is 2. The second-order valence-electron chi connectivity index (χ2n) is 6.95. The van der Waals surface area contributed by atoms with Gasteiger partial charge in [0.05, 0.1) is 17.5 Å². The standard InChI is InChI=1S/C17H23N5O3S/c1-18-26(24,25)10-11-2-4-12(5-3-11)22-15(9-23)21-14-8-20-17-13(16(14)22)6-7-19-17/h6-8,11-12,18,23H,2-5,9-10H2,1H3,(H,19,20). The van der Waals surface area contributed by atoms with Crippen LogP contribution >= 0.6 is 0 Å². The molecule has 0 atom stereocenters. The van der Waals surface area contributed by atoms with Crippen molar-refractivity contribution in [3.8, 4) is 0 Å². The van der Waals surface area contributed by atoms with Crippen LogP contribution in [-0.4, -0.2) is 45.8 Å². The van der Waals surface area contributed by atoms with Crippen LogP contribution in [0.5, 0.6) is 0 Å². The molecule has 0 radical (unpaired) electrons. The molecule has 0 aliphatic heterocycles. The lowest BCUT2D eigenvalue weighted by atomic mass is 9.87. The average Bonchev–Trinajstić information content (AvgIpc) is 3.25. The van der Waals surface area contributed by atoms with Gasteiger partial charge in [-0.25, -0.2) is 23.1 Å². The SMILES string of the molecule is CNS(=O)(=O)CC1CCC(n2c(CO)nc3cnc4[nH]ccc4c32)CC1. The Bertz CT molecular complexity index is 1030. The van der Waals surface area contributed by atoms with Crippen molar-refractivity contribution in [1.82, 2.24) is 24.2 Å². The first-order chi connectivity index (χ1) is 12.5. The monoisotopic (exact) mass is 377 g/mol. The number of sulfonamides is 1. The molecule has 3 aromatic heterocycles. The summed E-state index contributed by atoms with van der Waals surface area (Å²) in [5, 5.41) is 10.8. The Hall–Kier alpha value is -1.97. The van der Waals surface area contributed by atoms with Crippen molar-refractivity contribution < 1.29 is 13.5 Å². The molecule has 140 valence electrons. The molecule has 0 bridgehead atoms. The molecule has 1 aliphatic rings. The summed E-state index contributed by atoms with van der Waals surface area (Å²) in [5.74, 6) is 0.992. The van der Waals surface area contributed by atoms with E-state index < -0.39 is 10.0 Å². The van der Waals surface area contributed by atoms with Crippen molar-refractivity contribution >= 4 is 32.1 Å². The molecule has 0 spiro atoms. The topological polar surface area (TPSA) is 113 Å². The Morgan fingerprint density at radius 3 is 2.81 bits per heavy atom. The molecule has 1 fully saturated rings. The second-order valence-corrected chi connectivity index (χ2v) is 8.92. The Kier molecular flexibility index (Phi) is 4.45. The van der Waals surface area contributed by atoms with E-state index in [2.05, 4.69) is 24.2 Å². The predicted molar refractivity (Wildman–Crippen MR) is 99.1 cm³/mol. The quantitative estimate of drug-likeness (QED) is 0.626. The van der Waals surface area contributed by atoms with Crippen LogP contribution in [0.4, 0.5) is 0 Å². The molecule has 4 rings (SSSR count). The summed E-state index contributed by atoms with van der Waals surface area (Å²) in [6.07, 6.45) is 7.02. The van der Waals surface area contributed by atoms with Crippen molar-refractivity contribution in [3.05, 3.63) is 24.3 Å². The molecule has 3 N–H and O–H groups in total. The number of fused-ring (bicyclic) bond motifs is 3. The van der Waals surface area contributed by atoms with Gasteiger partial charge in [0, 0.05) is 17.6 Å². The van der Waals surface area contributed by atoms with Gasteiger partial charge in [-0.2, -0.15) is 0 Å². The lowest BCUT2D eigenvalue weighted by Gasteiger charge is -2.30. The van der Waals surface area contributed by atoms with E-state index in [9.17, 15) is 13.5 Å². The van der Waals surface area contributed by atoms with Gasteiger partial charge in [-0.1, -0.05) is 0 Å². The molecular weight excluding hydrogens is 354 g/mol. The number of nitrogens with zero attached hydrogens (tertiary/aromatic N) is 3. The summed E-state index contributed by atoms with van der Waals surface area (Å²) in [6.45, 7) is -0.130. The number of aromatic nitrogens is 4. The summed E-state index contributed by atoms with van der Waals surface area (Å²) in [6, 6.07) is 2.19. The van der Waals surface area contributed by atoms with Crippen LogP contribution in [0.1, 0.15) is 37.5 Å². The average molecular weight is 377 g/mol. The number of aliphatic hydroxyl groups is 1. The summed E-state index contributed by atoms with van der Waals surface area (Å²) in [4.78, 5) is 12.1. The first-order valence-electron chi connectivity index (χ1n) is 8.87. The van der Waals surface area contributed by atoms with E-state index in [1.54, 1.807) is 6.20 Å². The summed E-state index contributed by atoms with van der Waals surface area (Å²) in [5.41, 5.74) is 2.57. The molecule has 0 amide bonds. The van der Waals surface area contributed by atoms with Crippen molar-refractivity contribution in [2.75, 3.05) is 12.8 Å². The molecule has 8 nitrogen and oxygen atoms in total. The molecular formula is C17H23N5O3S. The number of aliphatic hydroxyl groups excluding tert-OH is 1. The van der Waals surface area contributed by atoms with Crippen LogP contribution in [-0.2, 0) is 16.6 Å². The Balaban J connectivity index is 1.66. The first kappa shape index (κ1) is 17.4. The van der Waals surface area contributed by atoms with Crippen LogP contribution in [0.2, 0.25) is 0 Å². The number of pyridine rings is 1. The normalized spacial score (nSPS) is 21.6. The van der Waals surface area contributed by atoms with Crippen LogP contribution in [0, 0.1) is 5.92 Å². The third-order valence-electron chi connectivity index (χ3n) is 5.40. The fourth-order valence-corrected chi connectivity index (χ4v) is 5.23. The zero-order chi connectivity index (χ0) is 18.3. The molecule has 0 unspecified atom stereocenters. The maximum atomic E-state index is 11.8. The highest BCUT2D eigenvalue weighted by atomic mass is 32.2. The van der Waals surface area contributed by atoms with Gasteiger partial charge in [0.25, 0.3) is 0 Å². The maximum Gasteiger partial charge on any atom is 0.211 e. The predicted octanol–water partition coefficient (Wildman–Crippen LogP) is 1.69. The molecule has 0 saturated heterocycles. The van der Waals surface area contributed by atoms with E-state index in [0.29, 0.717) is 5.82 Å². The second kappa shape index (κ2) is 6.64. The number of rotatable bonds is 5. The molecule has 26 heavy (non-hydrogen) atoms. The zero-order valence-electron chi connectivity index (χ0n) is 14.6. The smallest absolute Gasteiger partial charge is 0.211 e. The van der Waals surface area contributed by atoms with Crippen molar-refractivity contribution in [3.63, 3.8) is 0 Å². The van der Waals surface area contributed by atoms with Crippen molar-refractivity contribution in [1.29, 1.82) is 0 Å². The van der Waals surface area contributed by atoms with Gasteiger partial charge in [0.1, 0.15) is 23.6 Å². The maximum absolute atomic E-state index is 11.8. The highest BCUT2D eigenvalue weighted by Gasteiger charge is 2.28. The molecule has 1 saturated carbocycles. The fourth-order valence-electron chi connectivity index (χ4n) is 4.11. The Morgan fingerprint density at radius 2 is 2.12 bits per heavy atom. The number of aromatic amines is 1. The lowest BCUT2D eigenvalue weighted by molar-refractivity contribution is 0.243. The molecule has 9 heteroatoms. The molecule has 3 aromatic rings. The van der Waals surface area contributed by atoms with Crippen LogP contribution in [0.15, 0.2) is 18.5 Å². The van der Waals surface area contributed by atoms with Crippen molar-refractivity contribution in [2.24, 2.45) is 5.92 Å². The van der Waals surface area contributed by atoms with Gasteiger partial charge < -0.3 is 14.7 Å². The number of H-pyrrole nitrogens is 1. The largest absolute Gasteiger partial charge is 0.388 e. The Morgan fingerprint density at radius 1 is 1.35 bits per heavy atom. The molecule has 1 aliphatic carbocycles. The van der Waals surface area contributed by atoms with Gasteiger partial charge in [0.2, 0.25) is 10.0 Å². The van der Waals surface area contributed by atoms with E-state index >= 15 is 0 Å². The summed E-state index contributed by atoms with van der Waals surface area (Å²) in [7, 11) is -1.72. The lowest BCUT2D eigenvalue weighted by Crippen LogP contribution is -2.29. The van der Waals surface area contributed by atoms with Gasteiger partial charge >= 0.3 is 0 Å². The van der Waals surface area contributed by atoms with Crippen LogP contribution in [0.25, 0.3) is 22.1 Å². The number of hydrogen-bond donors (Lipinski definition) is 3. The third kappa shape index (κ3) is 3.00. The highest BCUT2D eigenvalue weighted by molar-refractivity contribution is 7.89. The van der Waals surface area contributed by atoms with E-state index in [1.807, 2.05) is 12.3 Å². The zero-order valence-corrected chi connectivity index (χ0v) is 15.5. The van der Waals surface area contributed by atoms with Crippen LogP contribution < -0.4 is 4.72 Å². The van der Waals surface area contributed by atoms with Crippen molar-refractivity contribution in [2.45, 2.75) is 38.3 Å². The van der Waals surface area contributed by atoms with Gasteiger partial charge in [-0.15, -0.1) is 0 Å². The fraction of sp³-hybridized carbons (Fsp3) is 0.529. The van der Waals surface area contributed by atoms with Crippen LogP contribution in [0.3, 0.4) is 0 Å². The van der Waals surface area contributed by atoms with E-state index in [4.69, 9.17) is 0 Å². The number of imidazole rings is 1. The molecule has 0 aromatic carbocycles. The number of hydrogen-bond acceptors (Lipinski definition) is 5. The summed E-state index contributed by atoms with van der Waals surface area (Å²) >= 11 is 0. The van der Waals surface area contributed by atoms with E-state index in [0.717, 1.165) is 47.8 Å². The van der Waals surface area contributed by atoms with Gasteiger partial charge in [-0.3, -0.25) is 0 Å².